The van der Waals surface area contributed by atoms with E-state index in [1.54, 1.807) is 0 Å². The average molecular weight is 158 g/mol. The van der Waals surface area contributed by atoms with Crippen molar-refractivity contribution in [2.75, 3.05) is 20.6 Å². The van der Waals surface area contributed by atoms with Gasteiger partial charge in [-0.25, -0.2) is 4.79 Å². The number of nitrogens with one attached hydrogen (secondary N) is 1. The second-order valence-corrected chi connectivity index (χ2v) is 3.21. The van der Waals surface area contributed by atoms with Crippen molar-refractivity contribution in [3.63, 3.8) is 0 Å². The van der Waals surface area contributed by atoms with E-state index in [0.717, 1.165) is 6.42 Å². The summed E-state index contributed by atoms with van der Waals surface area (Å²) in [4.78, 5) is 12.2. The van der Waals surface area contributed by atoms with Crippen LogP contribution in [0.1, 0.15) is 6.42 Å². The van der Waals surface area contributed by atoms with Gasteiger partial charge >= 0.3 is 6.09 Å². The van der Waals surface area contributed by atoms with Crippen molar-refractivity contribution in [1.29, 1.82) is 0 Å². The van der Waals surface area contributed by atoms with Crippen LogP contribution in [0.4, 0.5) is 4.79 Å². The molecule has 0 aliphatic heterocycles. The number of nitrogens with zero attached hydrogens (tertiary/aromatic N) is 1. The summed E-state index contributed by atoms with van der Waals surface area (Å²) >= 11 is 0. The second kappa shape index (κ2) is 3.09. The first-order valence-electron chi connectivity index (χ1n) is 3.74. The molecule has 0 heterocycles. The standard InChI is InChI=1S/C7H14N2O2/c1-9(2)6-3-5(6)4-8-7(10)11/h5-6,8H,3-4H2,1-2H3,(H,10,11). The predicted molar refractivity (Wildman–Crippen MR) is 41.6 cm³/mol. The highest BCUT2D eigenvalue weighted by atomic mass is 16.4. The maximum absolute atomic E-state index is 10.1. The largest absolute Gasteiger partial charge is 0.465 e. The van der Waals surface area contributed by atoms with E-state index < -0.39 is 6.09 Å². The molecule has 1 fully saturated rings. The molecule has 0 saturated heterocycles. The fraction of sp³-hybridized carbons (Fsp3) is 0.857. The summed E-state index contributed by atoms with van der Waals surface area (Å²) in [6.45, 7) is 0.595. The highest BCUT2D eigenvalue weighted by Crippen LogP contribution is 2.33. The van der Waals surface area contributed by atoms with Crippen molar-refractivity contribution in [3.8, 4) is 0 Å². The molecule has 4 heteroatoms. The first-order chi connectivity index (χ1) is 5.11. The van der Waals surface area contributed by atoms with Crippen molar-refractivity contribution in [2.45, 2.75) is 12.5 Å². The lowest BCUT2D eigenvalue weighted by molar-refractivity contribution is 0.193. The monoisotopic (exact) mass is 158 g/mol. The van der Waals surface area contributed by atoms with Crippen LogP contribution in [0.5, 0.6) is 0 Å². The molecule has 1 rings (SSSR count). The van der Waals surface area contributed by atoms with E-state index >= 15 is 0 Å². The first-order valence-corrected chi connectivity index (χ1v) is 3.74. The van der Waals surface area contributed by atoms with Gasteiger partial charge in [0.05, 0.1) is 0 Å². The van der Waals surface area contributed by atoms with Crippen LogP contribution in [0, 0.1) is 5.92 Å². The van der Waals surface area contributed by atoms with Crippen LogP contribution in [-0.4, -0.2) is 42.8 Å². The number of rotatable bonds is 3. The third-order valence-electron chi connectivity index (χ3n) is 2.06. The minimum Gasteiger partial charge on any atom is -0.465 e. The molecule has 2 unspecified atom stereocenters. The third kappa shape index (κ3) is 2.38. The van der Waals surface area contributed by atoms with Gasteiger partial charge in [-0.1, -0.05) is 0 Å². The lowest BCUT2D eigenvalue weighted by Gasteiger charge is -2.07. The fourth-order valence-corrected chi connectivity index (χ4v) is 1.30. The highest BCUT2D eigenvalue weighted by Gasteiger charge is 2.38. The minimum absolute atomic E-state index is 0.529. The van der Waals surface area contributed by atoms with Gasteiger partial charge < -0.3 is 15.3 Å². The van der Waals surface area contributed by atoms with Crippen LogP contribution in [-0.2, 0) is 0 Å². The Morgan fingerprint density at radius 3 is 2.73 bits per heavy atom. The van der Waals surface area contributed by atoms with Gasteiger partial charge in [0.25, 0.3) is 0 Å². The van der Waals surface area contributed by atoms with E-state index in [-0.39, 0.29) is 0 Å². The Bertz CT molecular complexity index is 159. The Kier molecular flexibility index (Phi) is 2.34. The van der Waals surface area contributed by atoms with Gasteiger partial charge in [-0.15, -0.1) is 0 Å². The molecule has 1 aliphatic rings. The van der Waals surface area contributed by atoms with Crippen LogP contribution >= 0.6 is 0 Å². The zero-order chi connectivity index (χ0) is 8.43. The van der Waals surface area contributed by atoms with E-state index in [2.05, 4.69) is 10.2 Å². The molecule has 0 radical (unpaired) electrons. The Labute approximate surface area is 66.2 Å². The Morgan fingerprint density at radius 2 is 2.36 bits per heavy atom. The van der Waals surface area contributed by atoms with Crippen molar-refractivity contribution in [1.82, 2.24) is 10.2 Å². The summed E-state index contributed by atoms with van der Waals surface area (Å²) in [5, 5.41) is 10.7. The highest BCUT2D eigenvalue weighted by molar-refractivity contribution is 5.64. The normalized spacial score (nSPS) is 28.6. The fourth-order valence-electron chi connectivity index (χ4n) is 1.30. The van der Waals surface area contributed by atoms with Crippen molar-refractivity contribution in [3.05, 3.63) is 0 Å². The van der Waals surface area contributed by atoms with E-state index in [1.807, 2.05) is 14.1 Å². The number of carboxylic acid groups (broad SMARTS) is 1. The number of hydrogen-bond donors (Lipinski definition) is 2. The average Bonchev–Trinajstić information content (AvgIpc) is 2.61. The number of carbonyl (C=O) groups is 1. The molecule has 2 atom stereocenters. The molecule has 1 saturated carbocycles. The molecule has 0 bridgehead atoms. The zero-order valence-corrected chi connectivity index (χ0v) is 6.87. The van der Waals surface area contributed by atoms with Gasteiger partial charge in [-0.05, 0) is 26.4 Å². The summed E-state index contributed by atoms with van der Waals surface area (Å²) in [7, 11) is 4.04. The molecular weight excluding hydrogens is 144 g/mol. The van der Waals surface area contributed by atoms with Gasteiger partial charge in [-0.3, -0.25) is 0 Å². The molecule has 11 heavy (non-hydrogen) atoms. The molecule has 0 spiro atoms. The molecule has 64 valence electrons. The Hall–Kier alpha value is -0.770. The maximum atomic E-state index is 10.1. The first kappa shape index (κ1) is 8.33. The van der Waals surface area contributed by atoms with Crippen molar-refractivity contribution in [2.24, 2.45) is 5.92 Å². The summed E-state index contributed by atoms with van der Waals surface area (Å²) < 4.78 is 0. The Morgan fingerprint density at radius 1 is 1.73 bits per heavy atom. The van der Waals surface area contributed by atoms with Gasteiger partial charge in [0, 0.05) is 12.6 Å². The summed E-state index contributed by atoms with van der Waals surface area (Å²) in [6, 6.07) is 0.585. The topological polar surface area (TPSA) is 52.6 Å². The maximum Gasteiger partial charge on any atom is 0.404 e. The molecule has 4 nitrogen and oxygen atoms in total. The molecule has 1 aliphatic carbocycles. The molecule has 0 aromatic heterocycles. The van der Waals surface area contributed by atoms with Gasteiger partial charge in [-0.2, -0.15) is 0 Å². The van der Waals surface area contributed by atoms with Gasteiger partial charge in [0.15, 0.2) is 0 Å². The zero-order valence-electron chi connectivity index (χ0n) is 6.87. The van der Waals surface area contributed by atoms with E-state index in [0.29, 0.717) is 18.5 Å². The third-order valence-corrected chi connectivity index (χ3v) is 2.06. The minimum atomic E-state index is -0.922. The molecule has 0 aromatic rings. The number of hydrogen-bond acceptors (Lipinski definition) is 2. The summed E-state index contributed by atoms with van der Waals surface area (Å²) in [6.07, 6.45) is 0.196. The van der Waals surface area contributed by atoms with Gasteiger partial charge in [0.2, 0.25) is 0 Å². The molecular formula is C7H14N2O2. The van der Waals surface area contributed by atoms with Gasteiger partial charge in [0.1, 0.15) is 0 Å². The Balaban J connectivity index is 2.09. The summed E-state index contributed by atoms with van der Waals surface area (Å²) in [5.74, 6) is 0.529. The number of amides is 1. The summed E-state index contributed by atoms with van der Waals surface area (Å²) in [5.41, 5.74) is 0. The van der Waals surface area contributed by atoms with E-state index in [1.165, 1.54) is 0 Å². The van der Waals surface area contributed by atoms with E-state index in [4.69, 9.17) is 5.11 Å². The molecule has 2 N–H and O–H groups in total. The van der Waals surface area contributed by atoms with Crippen LogP contribution in [0.25, 0.3) is 0 Å². The second-order valence-electron chi connectivity index (χ2n) is 3.21. The van der Waals surface area contributed by atoms with Crippen LogP contribution in [0.3, 0.4) is 0 Å². The molecule has 1 amide bonds. The van der Waals surface area contributed by atoms with Crippen molar-refractivity contribution >= 4 is 6.09 Å². The molecule has 0 aromatic carbocycles. The van der Waals surface area contributed by atoms with Crippen molar-refractivity contribution < 1.29 is 9.90 Å². The van der Waals surface area contributed by atoms with E-state index in [9.17, 15) is 4.79 Å². The quantitative estimate of drug-likeness (QED) is 0.617. The van der Waals surface area contributed by atoms with Crippen LogP contribution in [0.2, 0.25) is 0 Å². The predicted octanol–water partition coefficient (Wildman–Crippen LogP) is 0.204. The SMILES string of the molecule is CN(C)C1CC1CNC(=O)O. The van der Waals surface area contributed by atoms with Crippen LogP contribution < -0.4 is 5.32 Å². The lowest BCUT2D eigenvalue weighted by Crippen LogP contribution is -2.26. The lowest BCUT2D eigenvalue weighted by atomic mass is 10.4. The smallest absolute Gasteiger partial charge is 0.404 e. The van der Waals surface area contributed by atoms with Crippen LogP contribution in [0.15, 0.2) is 0 Å².